The average Bonchev–Trinajstić information content (AvgIpc) is 3.20. The van der Waals surface area contributed by atoms with Crippen LogP contribution in [0.15, 0.2) is 12.7 Å². The Morgan fingerprint density at radius 1 is 0.596 bits per heavy atom. The van der Waals surface area contributed by atoms with Crippen molar-refractivity contribution in [1.29, 1.82) is 0 Å². The fourth-order valence-electron chi connectivity index (χ4n) is 7.48. The Morgan fingerprint density at radius 2 is 1.02 bits per heavy atom. The summed E-state index contributed by atoms with van der Waals surface area (Å²) in [6.07, 6.45) is -14.4. The lowest BCUT2D eigenvalue weighted by atomic mass is 9.95. The molecule has 0 spiro atoms. The van der Waals surface area contributed by atoms with E-state index in [9.17, 15) is 9.90 Å². The van der Waals surface area contributed by atoms with Crippen molar-refractivity contribution in [3.05, 3.63) is 12.7 Å². The molecule has 20 heteroatoms. The molecule has 0 unspecified atom stereocenters. The average molecular weight is 831 g/mol. The Balaban J connectivity index is 1.92. The fraction of sp³-hybridized carbons (Fsp3) is 0.919. The standard InChI is InChI=1S/C37H66O20/c1-14-20(26(44-7)22(43-6)18-51-19(2)38)52-35-33(49-12)30(46-9)27(23(54-35)16-41-4)57-37-34(50-13)31(47-10)28(24(55-37)17-42-5)56-36-32(48-11)29(45-8)25(39)21(53-36)15-40-3/h14,20-37,39H,1,15-18H2,2-13H3/t20-,21-,22+,23-,24-,25-,26+,27-,28-,29+,30+,31+,32-,33-,34-,35+,36-,37-/m1/s1. The Hall–Kier alpha value is -1.51. The predicted molar refractivity (Wildman–Crippen MR) is 195 cm³/mol. The van der Waals surface area contributed by atoms with Gasteiger partial charge in [0.25, 0.3) is 0 Å². The van der Waals surface area contributed by atoms with E-state index >= 15 is 0 Å². The Labute approximate surface area is 335 Å². The molecule has 0 amide bonds. The van der Waals surface area contributed by atoms with Crippen LogP contribution in [-0.4, -0.2) is 226 Å². The highest BCUT2D eigenvalue weighted by atomic mass is 16.8. The van der Waals surface area contributed by atoms with E-state index in [0.29, 0.717) is 0 Å². The molecule has 57 heavy (non-hydrogen) atoms. The zero-order chi connectivity index (χ0) is 42.2. The lowest BCUT2D eigenvalue weighted by Gasteiger charge is -2.51. The normalized spacial score (nSPS) is 37.7. The minimum Gasteiger partial charge on any atom is -0.463 e. The number of methoxy groups -OCH3 is 11. The number of carbonyl (C=O) groups excluding carboxylic acids is 1. The lowest BCUT2D eigenvalue weighted by Crippen LogP contribution is -2.68. The van der Waals surface area contributed by atoms with Crippen LogP contribution in [0.2, 0.25) is 0 Å². The molecule has 0 bridgehead atoms. The second kappa shape index (κ2) is 25.3. The van der Waals surface area contributed by atoms with Crippen molar-refractivity contribution in [2.45, 2.75) is 117 Å². The van der Waals surface area contributed by atoms with E-state index in [0.717, 1.165) is 0 Å². The lowest BCUT2D eigenvalue weighted by molar-refractivity contribution is -0.387. The first-order chi connectivity index (χ1) is 27.5. The molecule has 3 saturated heterocycles. The molecule has 3 heterocycles. The van der Waals surface area contributed by atoms with E-state index in [1.54, 1.807) is 0 Å². The molecule has 3 aliphatic heterocycles. The van der Waals surface area contributed by atoms with Gasteiger partial charge in [-0.1, -0.05) is 6.08 Å². The highest BCUT2D eigenvalue weighted by Gasteiger charge is 2.56. The van der Waals surface area contributed by atoms with Gasteiger partial charge >= 0.3 is 5.97 Å². The van der Waals surface area contributed by atoms with Crippen LogP contribution in [-0.2, 0) is 90.1 Å². The van der Waals surface area contributed by atoms with Crippen molar-refractivity contribution in [3.63, 3.8) is 0 Å². The molecule has 0 aliphatic carbocycles. The summed E-state index contributed by atoms with van der Waals surface area (Å²) in [5.41, 5.74) is 0. The van der Waals surface area contributed by atoms with Crippen LogP contribution in [0.5, 0.6) is 0 Å². The van der Waals surface area contributed by atoms with Gasteiger partial charge in [0.2, 0.25) is 0 Å². The largest absolute Gasteiger partial charge is 0.463 e. The van der Waals surface area contributed by atoms with Crippen molar-refractivity contribution in [2.75, 3.05) is 105 Å². The molecule has 0 radical (unpaired) electrons. The van der Waals surface area contributed by atoms with E-state index in [1.807, 2.05) is 0 Å². The Bertz CT molecular complexity index is 1140. The summed E-state index contributed by atoms with van der Waals surface area (Å²) in [6.45, 7) is 5.28. The van der Waals surface area contributed by atoms with Gasteiger partial charge in [-0.25, -0.2) is 0 Å². The van der Waals surface area contributed by atoms with Gasteiger partial charge in [0.1, 0.15) is 98.2 Å². The summed E-state index contributed by atoms with van der Waals surface area (Å²) in [5, 5.41) is 11.0. The van der Waals surface area contributed by atoms with Crippen molar-refractivity contribution in [1.82, 2.24) is 0 Å². The summed E-state index contributed by atoms with van der Waals surface area (Å²) in [6, 6.07) is 0. The first-order valence-electron chi connectivity index (χ1n) is 18.6. The number of aliphatic hydroxyl groups is 1. The SMILES string of the molecule is C=C[C@@H](O[C@H]1O[C@H](COC)[C@@H](O[C@H]2O[C@H](COC)[C@@H](O[C@H]3O[C@H](COC)[C@@H](O)[C@H](OC)[C@H]3OC)[C@H](OC)[C@H]2OC)[C@H](OC)[C@H]1OC)[C@H](OC)[C@H](COC(C)=O)OC. The van der Waals surface area contributed by atoms with Crippen LogP contribution in [0.4, 0.5) is 0 Å². The number of rotatable bonds is 25. The number of esters is 1. The summed E-state index contributed by atoms with van der Waals surface area (Å²) < 4.78 is 107. The van der Waals surface area contributed by atoms with Crippen LogP contribution in [0.25, 0.3) is 0 Å². The zero-order valence-electron chi connectivity index (χ0n) is 35.2. The van der Waals surface area contributed by atoms with Crippen molar-refractivity contribution in [3.8, 4) is 0 Å². The highest BCUT2D eigenvalue weighted by Crippen LogP contribution is 2.37. The molecule has 18 atom stereocenters. The van der Waals surface area contributed by atoms with Crippen molar-refractivity contribution >= 4 is 5.97 Å². The molecular weight excluding hydrogens is 764 g/mol. The molecule has 20 nitrogen and oxygen atoms in total. The number of hydrogen-bond acceptors (Lipinski definition) is 20. The summed E-state index contributed by atoms with van der Waals surface area (Å²) in [7, 11) is 16.4. The Morgan fingerprint density at radius 3 is 1.42 bits per heavy atom. The van der Waals surface area contributed by atoms with Gasteiger partial charge in [-0.05, 0) is 0 Å². The van der Waals surface area contributed by atoms with Gasteiger partial charge in [-0.2, -0.15) is 0 Å². The van der Waals surface area contributed by atoms with Crippen LogP contribution in [0, 0.1) is 0 Å². The minimum absolute atomic E-state index is 0.0400. The molecule has 3 fully saturated rings. The van der Waals surface area contributed by atoms with Gasteiger partial charge in [0.15, 0.2) is 18.9 Å². The maximum Gasteiger partial charge on any atom is 0.302 e. The van der Waals surface area contributed by atoms with Gasteiger partial charge in [0, 0.05) is 85.1 Å². The molecule has 3 rings (SSSR count). The first-order valence-corrected chi connectivity index (χ1v) is 18.6. The van der Waals surface area contributed by atoms with E-state index in [-0.39, 0.29) is 26.4 Å². The predicted octanol–water partition coefficient (Wildman–Crippen LogP) is -0.514. The van der Waals surface area contributed by atoms with Gasteiger partial charge < -0.3 is 90.4 Å². The van der Waals surface area contributed by atoms with E-state index in [2.05, 4.69) is 6.58 Å². The minimum atomic E-state index is -1.11. The maximum atomic E-state index is 11.6. The van der Waals surface area contributed by atoms with Gasteiger partial charge in [0.05, 0.1) is 19.8 Å². The third-order valence-corrected chi connectivity index (χ3v) is 10.2. The first kappa shape index (κ1) is 49.8. The van der Waals surface area contributed by atoms with Crippen molar-refractivity contribution < 1.29 is 95.2 Å². The smallest absolute Gasteiger partial charge is 0.302 e. The van der Waals surface area contributed by atoms with Crippen LogP contribution in [0.3, 0.4) is 0 Å². The molecule has 0 aromatic rings. The summed E-state index contributed by atoms with van der Waals surface area (Å²) >= 11 is 0. The molecule has 334 valence electrons. The van der Waals surface area contributed by atoms with Gasteiger partial charge in [-0.15, -0.1) is 6.58 Å². The van der Waals surface area contributed by atoms with E-state index in [1.165, 1.54) is 91.2 Å². The molecule has 3 aliphatic rings. The number of ether oxygens (including phenoxy) is 18. The van der Waals surface area contributed by atoms with Crippen LogP contribution in [0.1, 0.15) is 6.92 Å². The number of aliphatic hydroxyl groups excluding tert-OH is 1. The van der Waals surface area contributed by atoms with E-state index < -0.39 is 116 Å². The third-order valence-electron chi connectivity index (χ3n) is 10.2. The van der Waals surface area contributed by atoms with Crippen molar-refractivity contribution in [2.24, 2.45) is 0 Å². The summed E-state index contributed by atoms with van der Waals surface area (Å²) in [5.74, 6) is -0.476. The zero-order valence-corrected chi connectivity index (χ0v) is 35.2. The second-order valence-corrected chi connectivity index (χ2v) is 13.5. The second-order valence-electron chi connectivity index (χ2n) is 13.5. The molecule has 0 saturated carbocycles. The highest BCUT2D eigenvalue weighted by molar-refractivity contribution is 5.65. The Kier molecular flexibility index (Phi) is 22.1. The molecule has 0 aromatic carbocycles. The van der Waals surface area contributed by atoms with E-state index in [4.69, 9.17) is 85.3 Å². The van der Waals surface area contributed by atoms with Crippen LogP contribution < -0.4 is 0 Å². The molecule has 0 aromatic heterocycles. The fourth-order valence-corrected chi connectivity index (χ4v) is 7.48. The van der Waals surface area contributed by atoms with Crippen LogP contribution >= 0.6 is 0 Å². The quantitative estimate of drug-likeness (QED) is 0.0909. The third kappa shape index (κ3) is 12.3. The molecule has 1 N–H and O–H groups in total. The maximum absolute atomic E-state index is 11.6. The van der Waals surface area contributed by atoms with Gasteiger partial charge in [-0.3, -0.25) is 4.79 Å². The summed E-state index contributed by atoms with van der Waals surface area (Å²) in [4.78, 5) is 11.6. The topological polar surface area (TPSA) is 203 Å². The number of hydrogen-bond donors (Lipinski definition) is 1. The number of carbonyl (C=O) groups is 1. The molecular formula is C37H66O20. The monoisotopic (exact) mass is 830 g/mol.